The van der Waals surface area contributed by atoms with Crippen molar-refractivity contribution < 1.29 is 9.13 Å². The zero-order valence-corrected chi connectivity index (χ0v) is 14.7. The maximum atomic E-state index is 14.6. The molecule has 1 saturated carbocycles. The Hall–Kier alpha value is -1.05. The van der Waals surface area contributed by atoms with Crippen molar-refractivity contribution in [3.63, 3.8) is 0 Å². The molecule has 1 heterocycles. The van der Waals surface area contributed by atoms with Crippen LogP contribution in [0, 0.1) is 11.7 Å². The van der Waals surface area contributed by atoms with Crippen LogP contribution in [0.5, 0.6) is 5.75 Å². The minimum Gasteiger partial charge on any atom is -0.490 e. The van der Waals surface area contributed by atoms with Crippen LogP contribution in [-0.4, -0.2) is 6.10 Å². The maximum Gasteiger partial charge on any atom is 0.130 e. The Kier molecular flexibility index (Phi) is 5.61. The Labute approximate surface area is 140 Å². The molecule has 1 fully saturated rings. The van der Waals surface area contributed by atoms with E-state index >= 15 is 0 Å². The van der Waals surface area contributed by atoms with Crippen molar-refractivity contribution in [2.75, 3.05) is 0 Å². The molecule has 1 aromatic carbocycles. The molecule has 0 aromatic heterocycles. The van der Waals surface area contributed by atoms with Crippen molar-refractivity contribution in [1.82, 2.24) is 0 Å². The number of unbranched alkanes of at least 4 members (excludes halogenated alkanes) is 2. The van der Waals surface area contributed by atoms with Crippen LogP contribution in [0.1, 0.15) is 88.7 Å². The van der Waals surface area contributed by atoms with E-state index in [-0.39, 0.29) is 11.9 Å². The van der Waals surface area contributed by atoms with Gasteiger partial charge >= 0.3 is 0 Å². The van der Waals surface area contributed by atoms with Crippen molar-refractivity contribution in [2.24, 2.45) is 5.92 Å². The minimum atomic E-state index is -0.0440. The van der Waals surface area contributed by atoms with Gasteiger partial charge in [0.05, 0.1) is 6.10 Å². The van der Waals surface area contributed by atoms with E-state index < -0.39 is 0 Å². The summed E-state index contributed by atoms with van der Waals surface area (Å²) in [5.74, 6) is 1.98. The van der Waals surface area contributed by atoms with Crippen LogP contribution in [0.25, 0.3) is 0 Å². The number of ether oxygens (including phenoxy) is 1. The highest BCUT2D eigenvalue weighted by Gasteiger charge is 2.26. The van der Waals surface area contributed by atoms with Gasteiger partial charge < -0.3 is 4.74 Å². The summed E-state index contributed by atoms with van der Waals surface area (Å²) < 4.78 is 20.7. The van der Waals surface area contributed by atoms with E-state index in [0.29, 0.717) is 5.92 Å². The number of hydrogen-bond donors (Lipinski definition) is 0. The van der Waals surface area contributed by atoms with Crippen LogP contribution in [0.2, 0.25) is 0 Å². The highest BCUT2D eigenvalue weighted by atomic mass is 19.1. The average molecular weight is 318 g/mol. The highest BCUT2D eigenvalue weighted by Crippen LogP contribution is 2.40. The summed E-state index contributed by atoms with van der Waals surface area (Å²) in [7, 11) is 0. The fourth-order valence-electron chi connectivity index (χ4n) is 4.19. The van der Waals surface area contributed by atoms with Crippen LogP contribution in [-0.2, 0) is 6.42 Å². The molecule has 0 bridgehead atoms. The van der Waals surface area contributed by atoms with Gasteiger partial charge in [0, 0.05) is 6.07 Å². The number of aryl methyl sites for hydroxylation is 1. The molecule has 3 rings (SSSR count). The van der Waals surface area contributed by atoms with Gasteiger partial charge in [-0.05, 0) is 67.6 Å². The predicted molar refractivity (Wildman–Crippen MR) is 93.7 cm³/mol. The molecule has 0 spiro atoms. The van der Waals surface area contributed by atoms with Gasteiger partial charge in [-0.2, -0.15) is 0 Å². The van der Waals surface area contributed by atoms with E-state index in [0.717, 1.165) is 49.3 Å². The molecule has 1 nitrogen and oxygen atoms in total. The molecule has 1 aliphatic carbocycles. The molecule has 2 heteroatoms. The van der Waals surface area contributed by atoms with Gasteiger partial charge in [0.1, 0.15) is 11.6 Å². The molecule has 1 unspecified atom stereocenters. The molecule has 1 aliphatic heterocycles. The highest BCUT2D eigenvalue weighted by molar-refractivity contribution is 5.41. The molecule has 0 amide bonds. The largest absolute Gasteiger partial charge is 0.490 e. The summed E-state index contributed by atoms with van der Waals surface area (Å²) in [4.78, 5) is 0. The smallest absolute Gasteiger partial charge is 0.130 e. The number of rotatable bonds is 5. The van der Waals surface area contributed by atoms with Crippen LogP contribution in [0.4, 0.5) is 4.39 Å². The monoisotopic (exact) mass is 318 g/mol. The first-order valence-corrected chi connectivity index (χ1v) is 9.66. The van der Waals surface area contributed by atoms with Gasteiger partial charge in [0.15, 0.2) is 0 Å². The van der Waals surface area contributed by atoms with E-state index in [4.69, 9.17) is 4.74 Å². The van der Waals surface area contributed by atoms with Crippen molar-refractivity contribution in [3.8, 4) is 5.75 Å². The van der Waals surface area contributed by atoms with Gasteiger partial charge in [0.25, 0.3) is 0 Å². The van der Waals surface area contributed by atoms with Gasteiger partial charge in [-0.15, -0.1) is 0 Å². The lowest BCUT2D eigenvalue weighted by atomic mass is 9.78. The van der Waals surface area contributed by atoms with Gasteiger partial charge in [-0.25, -0.2) is 4.39 Å². The zero-order chi connectivity index (χ0) is 16.2. The van der Waals surface area contributed by atoms with Crippen molar-refractivity contribution in [2.45, 2.75) is 90.1 Å². The van der Waals surface area contributed by atoms with Gasteiger partial charge in [-0.1, -0.05) is 39.5 Å². The fraction of sp³-hybridized carbons (Fsp3) is 0.714. The Morgan fingerprint density at radius 2 is 1.87 bits per heavy atom. The molecule has 0 N–H and O–H groups in total. The molecule has 0 saturated heterocycles. The second-order valence-electron chi connectivity index (χ2n) is 7.71. The van der Waals surface area contributed by atoms with Crippen molar-refractivity contribution in [3.05, 3.63) is 29.1 Å². The Morgan fingerprint density at radius 1 is 1.09 bits per heavy atom. The van der Waals surface area contributed by atoms with Gasteiger partial charge in [0.2, 0.25) is 0 Å². The van der Waals surface area contributed by atoms with Crippen LogP contribution in [0.15, 0.2) is 12.1 Å². The third kappa shape index (κ3) is 4.08. The number of benzene rings is 1. The lowest BCUT2D eigenvalue weighted by Gasteiger charge is -2.30. The van der Waals surface area contributed by atoms with E-state index in [1.54, 1.807) is 6.07 Å². The van der Waals surface area contributed by atoms with Crippen LogP contribution in [0.3, 0.4) is 0 Å². The Morgan fingerprint density at radius 3 is 2.61 bits per heavy atom. The molecule has 2 aliphatic rings. The normalized spacial score (nSPS) is 27.3. The standard InChI is InChI=1S/C21H31FO/c1-3-4-5-6-18-12-11-17-13-19(20(22)14-21(17)23-18)16-9-7-15(2)8-10-16/h13-16,18H,3-12H2,1-2H3. The zero-order valence-electron chi connectivity index (χ0n) is 14.7. The molecular formula is C21H31FO. The lowest BCUT2D eigenvalue weighted by molar-refractivity contribution is 0.159. The molecule has 128 valence electrons. The van der Waals surface area contributed by atoms with E-state index in [1.165, 1.54) is 37.7 Å². The SMILES string of the molecule is CCCCCC1CCc2cc(C3CCC(C)CC3)c(F)cc2O1. The summed E-state index contributed by atoms with van der Waals surface area (Å²) in [5, 5.41) is 0. The molecule has 0 radical (unpaired) electrons. The minimum absolute atomic E-state index is 0.0440. The first-order chi connectivity index (χ1) is 11.2. The van der Waals surface area contributed by atoms with E-state index in [1.807, 2.05) is 0 Å². The Balaban J connectivity index is 1.68. The third-order valence-electron chi connectivity index (χ3n) is 5.79. The predicted octanol–water partition coefficient (Wildman–Crippen LogP) is 6.39. The average Bonchev–Trinajstić information content (AvgIpc) is 2.55. The first-order valence-electron chi connectivity index (χ1n) is 9.66. The molecule has 23 heavy (non-hydrogen) atoms. The second-order valence-corrected chi connectivity index (χ2v) is 7.71. The topological polar surface area (TPSA) is 9.23 Å². The van der Waals surface area contributed by atoms with Crippen LogP contribution < -0.4 is 4.74 Å². The third-order valence-corrected chi connectivity index (χ3v) is 5.79. The summed E-state index contributed by atoms with van der Waals surface area (Å²) in [5.41, 5.74) is 2.18. The van der Waals surface area contributed by atoms with E-state index in [2.05, 4.69) is 19.9 Å². The summed E-state index contributed by atoms with van der Waals surface area (Å²) in [6, 6.07) is 3.79. The van der Waals surface area contributed by atoms with Crippen molar-refractivity contribution >= 4 is 0 Å². The molecular weight excluding hydrogens is 287 g/mol. The Bertz CT molecular complexity index is 517. The van der Waals surface area contributed by atoms with Crippen molar-refractivity contribution in [1.29, 1.82) is 0 Å². The summed E-state index contributed by atoms with van der Waals surface area (Å²) in [6.07, 6.45) is 12.0. The summed E-state index contributed by atoms with van der Waals surface area (Å²) >= 11 is 0. The quantitative estimate of drug-likeness (QED) is 0.571. The fourth-order valence-corrected chi connectivity index (χ4v) is 4.19. The molecule has 1 atom stereocenters. The lowest BCUT2D eigenvalue weighted by Crippen LogP contribution is -2.23. The maximum absolute atomic E-state index is 14.6. The van der Waals surface area contributed by atoms with Gasteiger partial charge in [-0.3, -0.25) is 0 Å². The number of fused-ring (bicyclic) bond motifs is 1. The van der Waals surface area contributed by atoms with E-state index in [9.17, 15) is 4.39 Å². The molecule has 1 aromatic rings. The second kappa shape index (κ2) is 7.68. The number of hydrogen-bond acceptors (Lipinski definition) is 1. The van der Waals surface area contributed by atoms with Crippen LogP contribution >= 0.6 is 0 Å². The first kappa shape index (κ1) is 16.8. The number of halogens is 1. The summed E-state index contributed by atoms with van der Waals surface area (Å²) in [6.45, 7) is 4.53.